The highest BCUT2D eigenvalue weighted by atomic mass is 19.4. The molecular weight excluding hydrogens is 379 g/mol. The highest BCUT2D eigenvalue weighted by Gasteiger charge is 2.31. The van der Waals surface area contributed by atoms with Crippen LogP contribution in [0, 0.1) is 10.1 Å². The van der Waals surface area contributed by atoms with Crippen LogP contribution in [0.15, 0.2) is 60.9 Å². The molecule has 28 heavy (non-hydrogen) atoms. The summed E-state index contributed by atoms with van der Waals surface area (Å²) in [6, 6.07) is 13.4. The monoisotopic (exact) mass is 391 g/mol. The Labute approximate surface area is 156 Å². The largest absolute Gasteiger partial charge is 0.573 e. The third-order valence-corrected chi connectivity index (χ3v) is 3.39. The number of benzene rings is 2. The van der Waals surface area contributed by atoms with E-state index in [1.807, 2.05) is 0 Å². The number of halogens is 3. The fourth-order valence-electron chi connectivity index (χ4n) is 2.27. The van der Waals surface area contributed by atoms with E-state index in [0.717, 1.165) is 18.5 Å². The Morgan fingerprint density at radius 3 is 1.93 bits per heavy atom. The topological polar surface area (TPSA) is 102 Å². The van der Waals surface area contributed by atoms with Crippen molar-refractivity contribution >= 4 is 28.7 Å². The first kappa shape index (κ1) is 18.9. The van der Waals surface area contributed by atoms with Crippen LogP contribution in [0.1, 0.15) is 0 Å². The van der Waals surface area contributed by atoms with Crippen molar-refractivity contribution in [2.75, 3.05) is 10.6 Å². The maximum absolute atomic E-state index is 12.2. The molecule has 3 rings (SSSR count). The van der Waals surface area contributed by atoms with Gasteiger partial charge in [0.25, 0.3) is 0 Å². The number of anilines is 4. The number of alkyl halides is 3. The molecule has 0 spiro atoms. The second-order valence-corrected chi connectivity index (χ2v) is 5.36. The van der Waals surface area contributed by atoms with Gasteiger partial charge >= 0.3 is 12.0 Å². The van der Waals surface area contributed by atoms with Crippen LogP contribution in [0.4, 0.5) is 41.9 Å². The van der Waals surface area contributed by atoms with E-state index in [4.69, 9.17) is 0 Å². The van der Waals surface area contributed by atoms with Gasteiger partial charge in [0, 0.05) is 11.4 Å². The summed E-state index contributed by atoms with van der Waals surface area (Å²) in [4.78, 5) is 18.6. The molecule has 0 unspecified atom stereocenters. The van der Waals surface area contributed by atoms with E-state index < -0.39 is 22.7 Å². The van der Waals surface area contributed by atoms with Crippen LogP contribution in [0.5, 0.6) is 5.75 Å². The minimum atomic E-state index is -4.81. The maximum Gasteiger partial charge on any atom is 0.573 e. The molecule has 0 saturated heterocycles. The van der Waals surface area contributed by atoms with Crippen molar-refractivity contribution in [3.63, 3.8) is 0 Å². The molecule has 0 aliphatic carbocycles. The lowest BCUT2D eigenvalue weighted by atomic mass is 10.3. The Balaban J connectivity index is 1.85. The van der Waals surface area contributed by atoms with Crippen molar-refractivity contribution in [2.45, 2.75) is 6.36 Å². The SMILES string of the molecule is O=[N+]([O-])c1c(Nc2ccccc2)ncnc1Nc1ccc(OC(F)(F)F)cc1. The summed E-state index contributed by atoms with van der Waals surface area (Å²) in [5, 5.41) is 17.1. The number of rotatable bonds is 6. The summed E-state index contributed by atoms with van der Waals surface area (Å²) in [7, 11) is 0. The Hall–Kier alpha value is -3.89. The maximum atomic E-state index is 12.2. The molecule has 0 fully saturated rings. The summed E-state index contributed by atoms with van der Waals surface area (Å²) in [6.45, 7) is 0. The zero-order valence-corrected chi connectivity index (χ0v) is 14.0. The Kier molecular flexibility index (Phi) is 5.25. The molecule has 0 bridgehead atoms. The predicted octanol–water partition coefficient (Wildman–Crippen LogP) is 4.77. The lowest BCUT2D eigenvalue weighted by Crippen LogP contribution is -2.17. The minimum Gasteiger partial charge on any atom is -0.406 e. The second-order valence-electron chi connectivity index (χ2n) is 5.36. The third kappa shape index (κ3) is 4.84. The van der Waals surface area contributed by atoms with Crippen LogP contribution in [0.2, 0.25) is 0 Å². The molecular formula is C17H12F3N5O3. The number of nitro groups is 1. The zero-order chi connectivity index (χ0) is 20.1. The zero-order valence-electron chi connectivity index (χ0n) is 14.0. The van der Waals surface area contributed by atoms with Gasteiger partial charge in [-0.1, -0.05) is 18.2 Å². The smallest absolute Gasteiger partial charge is 0.406 e. The second kappa shape index (κ2) is 7.78. The molecule has 8 nitrogen and oxygen atoms in total. The van der Waals surface area contributed by atoms with Crippen LogP contribution in [0.25, 0.3) is 0 Å². The Morgan fingerprint density at radius 1 is 0.893 bits per heavy atom. The number of hydrogen-bond donors (Lipinski definition) is 2. The molecule has 2 N–H and O–H groups in total. The predicted molar refractivity (Wildman–Crippen MR) is 94.8 cm³/mol. The molecule has 144 valence electrons. The van der Waals surface area contributed by atoms with E-state index in [-0.39, 0.29) is 17.3 Å². The van der Waals surface area contributed by atoms with Gasteiger partial charge in [-0.2, -0.15) is 0 Å². The highest BCUT2D eigenvalue weighted by Crippen LogP contribution is 2.33. The molecule has 0 atom stereocenters. The van der Waals surface area contributed by atoms with Crippen molar-refractivity contribution in [3.8, 4) is 5.75 Å². The summed E-state index contributed by atoms with van der Waals surface area (Å²) in [6.07, 6.45) is -3.68. The number of nitrogens with zero attached hydrogens (tertiary/aromatic N) is 3. The molecule has 0 amide bonds. The van der Waals surface area contributed by atoms with Crippen LogP contribution in [-0.2, 0) is 0 Å². The lowest BCUT2D eigenvalue weighted by molar-refractivity contribution is -0.383. The van der Waals surface area contributed by atoms with E-state index in [1.54, 1.807) is 30.3 Å². The van der Waals surface area contributed by atoms with Gasteiger partial charge in [0.1, 0.15) is 12.1 Å². The highest BCUT2D eigenvalue weighted by molar-refractivity contribution is 5.76. The van der Waals surface area contributed by atoms with Crippen LogP contribution >= 0.6 is 0 Å². The average Bonchev–Trinajstić information content (AvgIpc) is 2.63. The van der Waals surface area contributed by atoms with Gasteiger partial charge in [0.2, 0.25) is 11.6 Å². The molecule has 0 aliphatic rings. The van der Waals surface area contributed by atoms with Crippen molar-refractivity contribution in [2.24, 2.45) is 0 Å². The van der Waals surface area contributed by atoms with Gasteiger partial charge in [-0.25, -0.2) is 9.97 Å². The number of aromatic nitrogens is 2. The van der Waals surface area contributed by atoms with E-state index in [1.165, 1.54) is 12.1 Å². The van der Waals surface area contributed by atoms with Crippen molar-refractivity contribution in [1.29, 1.82) is 0 Å². The van der Waals surface area contributed by atoms with E-state index >= 15 is 0 Å². The van der Waals surface area contributed by atoms with Crippen LogP contribution in [0.3, 0.4) is 0 Å². The molecule has 1 aromatic heterocycles. The van der Waals surface area contributed by atoms with Gasteiger partial charge in [0.05, 0.1) is 4.92 Å². The Morgan fingerprint density at radius 2 is 1.43 bits per heavy atom. The van der Waals surface area contributed by atoms with Gasteiger partial charge in [0.15, 0.2) is 0 Å². The number of para-hydroxylation sites is 1. The number of hydrogen-bond acceptors (Lipinski definition) is 7. The average molecular weight is 391 g/mol. The molecule has 0 radical (unpaired) electrons. The van der Waals surface area contributed by atoms with Gasteiger partial charge in [-0.3, -0.25) is 10.1 Å². The molecule has 3 aromatic rings. The van der Waals surface area contributed by atoms with E-state index in [0.29, 0.717) is 5.69 Å². The van der Waals surface area contributed by atoms with Crippen molar-refractivity contribution in [1.82, 2.24) is 9.97 Å². The van der Waals surface area contributed by atoms with E-state index in [2.05, 4.69) is 25.3 Å². The lowest BCUT2D eigenvalue weighted by Gasteiger charge is -2.11. The minimum absolute atomic E-state index is 0.0364. The molecule has 1 heterocycles. The summed E-state index contributed by atoms with van der Waals surface area (Å²) in [5.41, 5.74) is 0.452. The summed E-state index contributed by atoms with van der Waals surface area (Å²) in [5.74, 6) is -0.574. The molecule has 0 aliphatic heterocycles. The van der Waals surface area contributed by atoms with E-state index in [9.17, 15) is 23.3 Å². The quantitative estimate of drug-likeness (QED) is 0.461. The Bertz CT molecular complexity index is 966. The first-order valence-corrected chi connectivity index (χ1v) is 7.76. The standard InChI is InChI=1S/C17H12F3N5O3/c18-17(19,20)28-13-8-6-12(7-9-13)24-16-14(25(26)27)15(21-10-22-16)23-11-4-2-1-3-5-11/h1-10H,(H2,21,22,23,24). The summed E-state index contributed by atoms with van der Waals surface area (Å²) >= 11 is 0. The van der Waals surface area contributed by atoms with Gasteiger partial charge in [-0.05, 0) is 36.4 Å². The first-order valence-electron chi connectivity index (χ1n) is 7.76. The van der Waals surface area contributed by atoms with Crippen LogP contribution < -0.4 is 15.4 Å². The number of ether oxygens (including phenoxy) is 1. The third-order valence-electron chi connectivity index (χ3n) is 3.39. The van der Waals surface area contributed by atoms with Crippen molar-refractivity contribution < 1.29 is 22.8 Å². The summed E-state index contributed by atoms with van der Waals surface area (Å²) < 4.78 is 40.4. The fraction of sp³-hybridized carbons (Fsp3) is 0.0588. The number of nitrogens with one attached hydrogen (secondary N) is 2. The molecule has 11 heteroatoms. The van der Waals surface area contributed by atoms with Crippen LogP contribution in [-0.4, -0.2) is 21.3 Å². The first-order chi connectivity index (χ1) is 13.3. The fourth-order valence-corrected chi connectivity index (χ4v) is 2.27. The normalized spacial score (nSPS) is 11.0. The van der Waals surface area contributed by atoms with Crippen molar-refractivity contribution in [3.05, 3.63) is 71.0 Å². The van der Waals surface area contributed by atoms with Gasteiger partial charge in [-0.15, -0.1) is 13.2 Å². The molecule has 2 aromatic carbocycles. The molecule has 0 saturated carbocycles. The van der Waals surface area contributed by atoms with Gasteiger partial charge < -0.3 is 15.4 Å².